The molecule has 0 spiro atoms. The van der Waals surface area contributed by atoms with Gasteiger partial charge < -0.3 is 14.4 Å². The predicted molar refractivity (Wildman–Crippen MR) is 111 cm³/mol. The van der Waals surface area contributed by atoms with Gasteiger partial charge in [-0.2, -0.15) is 5.10 Å². The minimum absolute atomic E-state index is 0.466. The molecule has 0 radical (unpaired) electrons. The predicted octanol–water partition coefficient (Wildman–Crippen LogP) is 2.74. The summed E-state index contributed by atoms with van der Waals surface area (Å²) in [7, 11) is -1.07. The minimum atomic E-state index is -1.07. The topological polar surface area (TPSA) is 69.7 Å². The fourth-order valence-electron chi connectivity index (χ4n) is 3.12. The van der Waals surface area contributed by atoms with Crippen molar-refractivity contribution in [3.63, 3.8) is 0 Å². The molecule has 0 aromatic carbocycles. The summed E-state index contributed by atoms with van der Waals surface area (Å²) >= 11 is 0. The normalized spacial score (nSPS) is 15.5. The summed E-state index contributed by atoms with van der Waals surface area (Å²) in [6, 6.07) is 5.18. The molecule has 0 atom stereocenters. The molecule has 28 heavy (non-hydrogen) atoms. The second-order valence-corrected chi connectivity index (χ2v) is 13.9. The monoisotopic (exact) mass is 400 g/mol. The lowest BCUT2D eigenvalue weighted by Crippen LogP contribution is -2.37. The zero-order valence-electron chi connectivity index (χ0n) is 16.8. The molecule has 8 nitrogen and oxygen atoms in total. The van der Waals surface area contributed by atoms with Crippen LogP contribution in [-0.4, -0.2) is 65.4 Å². The molecule has 1 aliphatic rings. The first kappa shape index (κ1) is 19.1. The third kappa shape index (κ3) is 4.42. The summed E-state index contributed by atoms with van der Waals surface area (Å²) in [5.41, 5.74) is 2.73. The third-order valence-electron chi connectivity index (χ3n) is 4.83. The van der Waals surface area contributed by atoms with Gasteiger partial charge in [0, 0.05) is 39.5 Å². The van der Waals surface area contributed by atoms with Crippen molar-refractivity contribution in [2.45, 2.75) is 32.4 Å². The van der Waals surface area contributed by atoms with E-state index in [1.54, 1.807) is 0 Å². The minimum Gasteiger partial charge on any atom is -0.378 e. The van der Waals surface area contributed by atoms with Crippen molar-refractivity contribution in [2.24, 2.45) is 0 Å². The number of ether oxygens (including phenoxy) is 2. The zero-order valence-corrected chi connectivity index (χ0v) is 17.8. The van der Waals surface area contributed by atoms with E-state index >= 15 is 0 Å². The number of hydrogen-bond donors (Lipinski definition) is 0. The van der Waals surface area contributed by atoms with Gasteiger partial charge in [0.15, 0.2) is 5.65 Å². The zero-order chi connectivity index (χ0) is 19.6. The molecule has 1 fully saturated rings. The van der Waals surface area contributed by atoms with E-state index in [0.717, 1.165) is 61.7 Å². The molecule has 4 rings (SSSR count). The number of rotatable bonds is 7. The molecule has 150 valence electrons. The Balaban J connectivity index is 1.49. The molecule has 3 aromatic rings. The van der Waals surface area contributed by atoms with Gasteiger partial charge >= 0.3 is 0 Å². The number of nitrogens with zero attached hydrogens (tertiary/aromatic N) is 6. The molecule has 1 saturated heterocycles. The van der Waals surface area contributed by atoms with Gasteiger partial charge in [0.1, 0.15) is 12.5 Å². The van der Waals surface area contributed by atoms with Gasteiger partial charge in [-0.25, -0.2) is 14.2 Å². The van der Waals surface area contributed by atoms with Crippen LogP contribution in [0.15, 0.2) is 30.7 Å². The number of imidazole rings is 1. The first-order valence-electron chi connectivity index (χ1n) is 9.78. The van der Waals surface area contributed by atoms with Crippen LogP contribution in [0.25, 0.3) is 16.9 Å². The van der Waals surface area contributed by atoms with Crippen LogP contribution in [-0.2, 0) is 16.2 Å². The van der Waals surface area contributed by atoms with Crippen molar-refractivity contribution in [3.8, 4) is 11.3 Å². The molecule has 0 N–H and O–H groups in total. The SMILES string of the molecule is C[Si](C)(C)CCOCn1cc(-c2cnc3ccc(N4CCOCC4)nn23)cn1. The fraction of sp³-hybridized carbons (Fsp3) is 0.526. The molecule has 0 amide bonds. The Labute approximate surface area is 166 Å². The van der Waals surface area contributed by atoms with Gasteiger partial charge in [-0.15, -0.1) is 5.10 Å². The molecule has 0 saturated carbocycles. The van der Waals surface area contributed by atoms with E-state index < -0.39 is 8.07 Å². The summed E-state index contributed by atoms with van der Waals surface area (Å²) in [5, 5.41) is 9.24. The summed E-state index contributed by atoms with van der Waals surface area (Å²) in [6.45, 7) is 11.5. The molecule has 9 heteroatoms. The van der Waals surface area contributed by atoms with E-state index in [2.05, 4.69) is 34.6 Å². The number of anilines is 1. The first-order chi connectivity index (χ1) is 13.5. The quantitative estimate of drug-likeness (QED) is 0.449. The van der Waals surface area contributed by atoms with Crippen molar-refractivity contribution in [3.05, 3.63) is 30.7 Å². The highest BCUT2D eigenvalue weighted by molar-refractivity contribution is 6.76. The van der Waals surface area contributed by atoms with E-state index in [9.17, 15) is 0 Å². The van der Waals surface area contributed by atoms with Gasteiger partial charge in [0.25, 0.3) is 0 Å². The van der Waals surface area contributed by atoms with E-state index in [1.807, 2.05) is 39.9 Å². The summed E-state index contributed by atoms with van der Waals surface area (Å²) in [4.78, 5) is 6.73. The molecule has 4 heterocycles. The standard InChI is InChI=1S/C19H28N6O2Si/c1-28(2,3)11-10-27-15-24-14-16(12-21-24)17-13-20-18-4-5-19(22-25(17)18)23-6-8-26-9-7-23/h4-5,12-14H,6-11,15H2,1-3H3. The molecule has 0 aliphatic carbocycles. The Bertz CT molecular complexity index is 926. The van der Waals surface area contributed by atoms with Crippen molar-refractivity contribution in [2.75, 3.05) is 37.8 Å². The highest BCUT2D eigenvalue weighted by Crippen LogP contribution is 2.22. The molecule has 1 aliphatic heterocycles. The summed E-state index contributed by atoms with van der Waals surface area (Å²) in [6.07, 6.45) is 5.67. The largest absolute Gasteiger partial charge is 0.378 e. The van der Waals surface area contributed by atoms with E-state index in [0.29, 0.717) is 6.73 Å². The maximum absolute atomic E-state index is 5.79. The fourth-order valence-corrected chi connectivity index (χ4v) is 3.88. The van der Waals surface area contributed by atoms with Gasteiger partial charge in [-0.3, -0.25) is 0 Å². The van der Waals surface area contributed by atoms with Crippen LogP contribution in [0.4, 0.5) is 5.82 Å². The van der Waals surface area contributed by atoms with Crippen molar-refractivity contribution in [1.29, 1.82) is 0 Å². The second kappa shape index (κ2) is 8.02. The van der Waals surface area contributed by atoms with Gasteiger partial charge in [-0.1, -0.05) is 19.6 Å². The Hall–Kier alpha value is -2.23. The molecule has 0 bridgehead atoms. The Morgan fingerprint density at radius 3 is 2.75 bits per heavy atom. The first-order valence-corrected chi connectivity index (χ1v) is 13.5. The van der Waals surface area contributed by atoms with Crippen LogP contribution >= 0.6 is 0 Å². The molecule has 0 unspecified atom stereocenters. The third-order valence-corrected chi connectivity index (χ3v) is 6.54. The van der Waals surface area contributed by atoms with Crippen LogP contribution in [0.5, 0.6) is 0 Å². The van der Waals surface area contributed by atoms with Crippen LogP contribution in [0.3, 0.4) is 0 Å². The smallest absolute Gasteiger partial charge is 0.154 e. The van der Waals surface area contributed by atoms with Crippen LogP contribution in [0, 0.1) is 0 Å². The molecular weight excluding hydrogens is 372 g/mol. The average Bonchev–Trinajstić information content (AvgIpc) is 3.31. The van der Waals surface area contributed by atoms with Crippen molar-refractivity contribution in [1.82, 2.24) is 24.4 Å². The lowest BCUT2D eigenvalue weighted by molar-refractivity contribution is 0.0786. The van der Waals surface area contributed by atoms with Gasteiger partial charge in [0.2, 0.25) is 0 Å². The van der Waals surface area contributed by atoms with Crippen molar-refractivity contribution < 1.29 is 9.47 Å². The van der Waals surface area contributed by atoms with Crippen molar-refractivity contribution >= 4 is 19.5 Å². The number of morpholine rings is 1. The number of aromatic nitrogens is 5. The molecular formula is C19H28N6O2Si. The highest BCUT2D eigenvalue weighted by Gasteiger charge is 2.16. The van der Waals surface area contributed by atoms with E-state index in [1.165, 1.54) is 0 Å². The lowest BCUT2D eigenvalue weighted by atomic mass is 10.3. The maximum Gasteiger partial charge on any atom is 0.154 e. The second-order valence-electron chi connectivity index (χ2n) is 8.32. The van der Waals surface area contributed by atoms with E-state index in [4.69, 9.17) is 14.6 Å². The average molecular weight is 401 g/mol. The van der Waals surface area contributed by atoms with Gasteiger partial charge in [-0.05, 0) is 18.2 Å². The Kier molecular flexibility index (Phi) is 5.47. The van der Waals surface area contributed by atoms with E-state index in [-0.39, 0.29) is 0 Å². The van der Waals surface area contributed by atoms with Crippen LogP contribution in [0.1, 0.15) is 0 Å². The number of fused-ring (bicyclic) bond motifs is 1. The number of hydrogen-bond acceptors (Lipinski definition) is 6. The maximum atomic E-state index is 5.79. The molecule has 3 aromatic heterocycles. The Morgan fingerprint density at radius 2 is 1.96 bits per heavy atom. The lowest BCUT2D eigenvalue weighted by Gasteiger charge is -2.27. The van der Waals surface area contributed by atoms with Gasteiger partial charge in [0.05, 0.1) is 31.3 Å². The summed E-state index contributed by atoms with van der Waals surface area (Å²) in [5.74, 6) is 0.942. The van der Waals surface area contributed by atoms with Crippen LogP contribution < -0.4 is 4.90 Å². The van der Waals surface area contributed by atoms with Crippen LogP contribution in [0.2, 0.25) is 25.7 Å². The highest BCUT2D eigenvalue weighted by atomic mass is 28.3. The Morgan fingerprint density at radius 1 is 1.14 bits per heavy atom. The summed E-state index contributed by atoms with van der Waals surface area (Å²) < 4.78 is 14.9.